The Morgan fingerprint density at radius 2 is 1.95 bits per heavy atom. The monoisotopic (exact) mass is 261 g/mol. The van der Waals surface area contributed by atoms with Crippen LogP contribution in [0.15, 0.2) is 24.3 Å². The minimum atomic E-state index is 0.364. The molecule has 0 aliphatic carbocycles. The Balaban J connectivity index is 1.67. The van der Waals surface area contributed by atoms with Crippen molar-refractivity contribution in [3.05, 3.63) is 29.8 Å². The molecule has 1 aromatic rings. The van der Waals surface area contributed by atoms with Crippen LogP contribution >= 0.6 is 0 Å². The fourth-order valence-electron chi connectivity index (χ4n) is 3.12. The third kappa shape index (κ3) is 4.54. The van der Waals surface area contributed by atoms with Crippen LogP contribution in [0.1, 0.15) is 51.0 Å². The van der Waals surface area contributed by atoms with Gasteiger partial charge in [0.1, 0.15) is 5.75 Å². The Hall–Kier alpha value is -1.02. The molecule has 0 aromatic heterocycles. The van der Waals surface area contributed by atoms with Crippen molar-refractivity contribution in [3.8, 4) is 5.75 Å². The molecule has 1 heterocycles. The average molecular weight is 261 g/mol. The SMILES string of the molecule is CCC1CCCCN1CCCCc1ccc(O)cc1. The maximum absolute atomic E-state index is 9.25. The first-order valence-electron chi connectivity index (χ1n) is 7.81. The molecule has 2 heteroatoms. The smallest absolute Gasteiger partial charge is 0.115 e. The highest BCUT2D eigenvalue weighted by molar-refractivity contribution is 5.25. The van der Waals surface area contributed by atoms with Gasteiger partial charge in [-0.15, -0.1) is 0 Å². The van der Waals surface area contributed by atoms with Crippen molar-refractivity contribution in [2.45, 2.75) is 57.9 Å². The molecule has 19 heavy (non-hydrogen) atoms. The van der Waals surface area contributed by atoms with Crippen LogP contribution in [0.2, 0.25) is 0 Å². The molecular formula is C17H27NO. The van der Waals surface area contributed by atoms with Gasteiger partial charge in [0.25, 0.3) is 0 Å². The molecule has 1 aromatic carbocycles. The van der Waals surface area contributed by atoms with E-state index in [1.165, 1.54) is 57.2 Å². The first kappa shape index (κ1) is 14.4. The standard InChI is InChI=1S/C17H27NO/c1-2-16-8-4-6-14-18(16)13-5-3-7-15-9-11-17(19)12-10-15/h9-12,16,19H,2-8,13-14H2,1H3. The number of nitrogens with zero attached hydrogens (tertiary/aromatic N) is 1. The van der Waals surface area contributed by atoms with Gasteiger partial charge in [0.15, 0.2) is 0 Å². The summed E-state index contributed by atoms with van der Waals surface area (Å²) in [6, 6.07) is 8.47. The molecular weight excluding hydrogens is 234 g/mol. The normalized spacial score (nSPS) is 20.6. The first-order valence-corrected chi connectivity index (χ1v) is 7.81. The Labute approximate surface area is 117 Å². The summed E-state index contributed by atoms with van der Waals surface area (Å²) in [6.45, 7) is 4.88. The lowest BCUT2D eigenvalue weighted by atomic mass is 9.99. The van der Waals surface area contributed by atoms with Crippen molar-refractivity contribution < 1.29 is 5.11 Å². The lowest BCUT2D eigenvalue weighted by Gasteiger charge is -2.35. The number of benzene rings is 1. The summed E-state index contributed by atoms with van der Waals surface area (Å²) >= 11 is 0. The minimum Gasteiger partial charge on any atom is -0.508 e. The van der Waals surface area contributed by atoms with E-state index < -0.39 is 0 Å². The molecule has 0 amide bonds. The Morgan fingerprint density at radius 3 is 2.68 bits per heavy atom. The highest BCUT2D eigenvalue weighted by atomic mass is 16.3. The van der Waals surface area contributed by atoms with Gasteiger partial charge in [-0.05, 0) is 69.3 Å². The number of rotatable bonds is 6. The second-order valence-corrected chi connectivity index (χ2v) is 5.72. The number of hydrogen-bond acceptors (Lipinski definition) is 2. The van der Waals surface area contributed by atoms with Crippen molar-refractivity contribution in [2.75, 3.05) is 13.1 Å². The lowest BCUT2D eigenvalue weighted by molar-refractivity contribution is 0.141. The van der Waals surface area contributed by atoms with E-state index in [2.05, 4.69) is 11.8 Å². The van der Waals surface area contributed by atoms with E-state index in [-0.39, 0.29) is 0 Å². The molecule has 106 valence electrons. The lowest BCUT2D eigenvalue weighted by Crippen LogP contribution is -2.39. The fraction of sp³-hybridized carbons (Fsp3) is 0.647. The van der Waals surface area contributed by atoms with Gasteiger partial charge in [-0.25, -0.2) is 0 Å². The predicted octanol–water partition coefficient (Wildman–Crippen LogP) is 3.98. The van der Waals surface area contributed by atoms with Crippen LogP contribution in [0.4, 0.5) is 0 Å². The predicted molar refractivity (Wildman–Crippen MR) is 80.5 cm³/mol. The van der Waals surface area contributed by atoms with E-state index in [9.17, 15) is 5.11 Å². The van der Waals surface area contributed by atoms with Crippen molar-refractivity contribution in [2.24, 2.45) is 0 Å². The summed E-state index contributed by atoms with van der Waals surface area (Å²) < 4.78 is 0. The van der Waals surface area contributed by atoms with E-state index in [1.807, 2.05) is 12.1 Å². The zero-order valence-corrected chi connectivity index (χ0v) is 12.1. The zero-order chi connectivity index (χ0) is 13.5. The number of phenolic OH excluding ortho intramolecular Hbond substituents is 1. The number of unbranched alkanes of at least 4 members (excludes halogenated alkanes) is 1. The van der Waals surface area contributed by atoms with E-state index in [0.29, 0.717) is 5.75 Å². The molecule has 1 aliphatic heterocycles. The fourth-order valence-corrected chi connectivity index (χ4v) is 3.12. The van der Waals surface area contributed by atoms with Crippen molar-refractivity contribution in [1.82, 2.24) is 4.90 Å². The summed E-state index contributed by atoms with van der Waals surface area (Å²) in [4.78, 5) is 2.69. The summed E-state index contributed by atoms with van der Waals surface area (Å²) in [5.41, 5.74) is 1.34. The summed E-state index contributed by atoms with van der Waals surface area (Å²) in [5, 5.41) is 9.25. The van der Waals surface area contributed by atoms with E-state index in [0.717, 1.165) is 12.5 Å². The Kier molecular flexibility index (Phi) is 5.71. The van der Waals surface area contributed by atoms with E-state index in [1.54, 1.807) is 12.1 Å². The molecule has 1 atom stereocenters. The Bertz CT molecular complexity index is 360. The highest BCUT2D eigenvalue weighted by Gasteiger charge is 2.19. The molecule has 1 saturated heterocycles. The topological polar surface area (TPSA) is 23.5 Å². The van der Waals surface area contributed by atoms with Gasteiger partial charge in [0.2, 0.25) is 0 Å². The van der Waals surface area contributed by atoms with Crippen LogP contribution in [0.25, 0.3) is 0 Å². The van der Waals surface area contributed by atoms with Gasteiger partial charge in [0, 0.05) is 6.04 Å². The van der Waals surface area contributed by atoms with Crippen LogP contribution in [0.3, 0.4) is 0 Å². The van der Waals surface area contributed by atoms with Crippen molar-refractivity contribution in [1.29, 1.82) is 0 Å². The number of hydrogen-bond donors (Lipinski definition) is 1. The molecule has 1 N–H and O–H groups in total. The van der Waals surface area contributed by atoms with Crippen molar-refractivity contribution in [3.63, 3.8) is 0 Å². The average Bonchev–Trinajstić information content (AvgIpc) is 2.46. The maximum atomic E-state index is 9.25. The maximum Gasteiger partial charge on any atom is 0.115 e. The van der Waals surface area contributed by atoms with Crippen LogP contribution in [-0.2, 0) is 6.42 Å². The number of aryl methyl sites for hydroxylation is 1. The van der Waals surface area contributed by atoms with Gasteiger partial charge in [-0.3, -0.25) is 0 Å². The molecule has 0 saturated carbocycles. The molecule has 0 radical (unpaired) electrons. The van der Waals surface area contributed by atoms with E-state index >= 15 is 0 Å². The quantitative estimate of drug-likeness (QED) is 0.783. The summed E-state index contributed by atoms with van der Waals surface area (Å²) in [5.74, 6) is 0.364. The van der Waals surface area contributed by atoms with Gasteiger partial charge < -0.3 is 10.0 Å². The summed E-state index contributed by atoms with van der Waals surface area (Å²) in [6.07, 6.45) is 9.17. The zero-order valence-electron chi connectivity index (χ0n) is 12.1. The van der Waals surface area contributed by atoms with Crippen molar-refractivity contribution >= 4 is 0 Å². The van der Waals surface area contributed by atoms with Gasteiger partial charge in [-0.2, -0.15) is 0 Å². The molecule has 2 nitrogen and oxygen atoms in total. The highest BCUT2D eigenvalue weighted by Crippen LogP contribution is 2.20. The van der Waals surface area contributed by atoms with Gasteiger partial charge in [0.05, 0.1) is 0 Å². The van der Waals surface area contributed by atoms with E-state index in [4.69, 9.17) is 0 Å². The molecule has 0 spiro atoms. The van der Waals surface area contributed by atoms with Crippen LogP contribution in [-0.4, -0.2) is 29.1 Å². The third-order valence-electron chi connectivity index (χ3n) is 4.32. The second-order valence-electron chi connectivity index (χ2n) is 5.72. The number of phenols is 1. The largest absolute Gasteiger partial charge is 0.508 e. The van der Waals surface area contributed by atoms with Crippen LogP contribution < -0.4 is 0 Å². The molecule has 1 unspecified atom stereocenters. The molecule has 1 fully saturated rings. The molecule has 2 rings (SSSR count). The number of likely N-dealkylation sites (tertiary alicyclic amines) is 1. The van der Waals surface area contributed by atoms with Gasteiger partial charge in [-0.1, -0.05) is 25.5 Å². The van der Waals surface area contributed by atoms with Crippen LogP contribution in [0.5, 0.6) is 5.75 Å². The first-order chi connectivity index (χ1) is 9.29. The van der Waals surface area contributed by atoms with Gasteiger partial charge >= 0.3 is 0 Å². The summed E-state index contributed by atoms with van der Waals surface area (Å²) in [7, 11) is 0. The molecule has 0 bridgehead atoms. The molecule has 1 aliphatic rings. The number of aromatic hydroxyl groups is 1. The second kappa shape index (κ2) is 7.54. The number of piperidine rings is 1. The van der Waals surface area contributed by atoms with Crippen LogP contribution in [0, 0.1) is 0 Å². The minimum absolute atomic E-state index is 0.364. The third-order valence-corrected chi connectivity index (χ3v) is 4.32. The Morgan fingerprint density at radius 1 is 1.16 bits per heavy atom.